The molecule has 0 radical (unpaired) electrons. The summed E-state index contributed by atoms with van der Waals surface area (Å²) in [6.07, 6.45) is 0.404. The molecule has 0 unspecified atom stereocenters. The Bertz CT molecular complexity index is 421. The van der Waals surface area contributed by atoms with Crippen molar-refractivity contribution in [2.75, 3.05) is 6.61 Å². The number of carbonyl (C=O) groups excluding carboxylic acids is 1. The Balaban J connectivity index is 2.86. The number of benzene rings is 1. The first-order chi connectivity index (χ1) is 7.85. The van der Waals surface area contributed by atoms with Crippen molar-refractivity contribution in [1.82, 2.24) is 5.32 Å². The predicted molar refractivity (Wildman–Crippen MR) is 66.9 cm³/mol. The van der Waals surface area contributed by atoms with E-state index in [0.29, 0.717) is 11.3 Å². The van der Waals surface area contributed by atoms with Gasteiger partial charge in [-0.25, -0.2) is 4.39 Å². The lowest BCUT2D eigenvalue weighted by Gasteiger charge is -2.25. The Morgan fingerprint density at radius 2 is 2.18 bits per heavy atom. The highest BCUT2D eigenvalue weighted by Gasteiger charge is 2.22. The Morgan fingerprint density at radius 1 is 1.53 bits per heavy atom. The highest BCUT2D eigenvalue weighted by molar-refractivity contribution is 7.80. The van der Waals surface area contributed by atoms with Gasteiger partial charge in [-0.2, -0.15) is 0 Å². The summed E-state index contributed by atoms with van der Waals surface area (Å²) in [7, 11) is 0. The molecule has 0 aromatic heterocycles. The van der Waals surface area contributed by atoms with Gasteiger partial charge in [-0.15, -0.1) is 12.6 Å². The van der Waals surface area contributed by atoms with E-state index in [1.807, 2.05) is 0 Å². The molecule has 3 nitrogen and oxygen atoms in total. The largest absolute Gasteiger partial charge is 0.396 e. The lowest BCUT2D eigenvalue weighted by Crippen LogP contribution is -2.44. The van der Waals surface area contributed by atoms with Crippen molar-refractivity contribution in [3.63, 3.8) is 0 Å². The van der Waals surface area contributed by atoms with Crippen LogP contribution in [0.1, 0.15) is 30.6 Å². The van der Waals surface area contributed by atoms with Crippen molar-refractivity contribution in [3.05, 3.63) is 29.6 Å². The van der Waals surface area contributed by atoms with Crippen LogP contribution in [0.3, 0.4) is 0 Å². The van der Waals surface area contributed by atoms with Crippen molar-refractivity contribution >= 4 is 18.5 Å². The van der Waals surface area contributed by atoms with E-state index in [1.54, 1.807) is 13.8 Å². The Kier molecular flexibility index (Phi) is 4.54. The molecule has 1 rings (SSSR count). The van der Waals surface area contributed by atoms with E-state index < -0.39 is 17.3 Å². The van der Waals surface area contributed by atoms with Gasteiger partial charge in [-0.1, -0.05) is 0 Å². The second kappa shape index (κ2) is 5.51. The summed E-state index contributed by atoms with van der Waals surface area (Å²) in [5.41, 5.74) is -0.617. The van der Waals surface area contributed by atoms with E-state index in [9.17, 15) is 9.18 Å². The first kappa shape index (κ1) is 14.0. The van der Waals surface area contributed by atoms with E-state index in [0.717, 1.165) is 0 Å². The first-order valence-corrected chi connectivity index (χ1v) is 5.72. The van der Waals surface area contributed by atoms with Crippen LogP contribution in [0.25, 0.3) is 0 Å². The molecule has 0 spiro atoms. The molecular weight excluding hydrogens is 241 g/mol. The van der Waals surface area contributed by atoms with Crippen molar-refractivity contribution < 1.29 is 14.3 Å². The average Bonchev–Trinajstić information content (AvgIpc) is 2.20. The number of aliphatic hydroxyl groups excluding tert-OH is 1. The Labute approximate surface area is 105 Å². The summed E-state index contributed by atoms with van der Waals surface area (Å²) >= 11 is 4.06. The minimum absolute atomic E-state index is 0.0384. The third kappa shape index (κ3) is 4.02. The fourth-order valence-corrected chi connectivity index (χ4v) is 1.61. The minimum atomic E-state index is -0.583. The van der Waals surface area contributed by atoms with Crippen molar-refractivity contribution in [2.24, 2.45) is 0 Å². The van der Waals surface area contributed by atoms with E-state index in [1.165, 1.54) is 18.2 Å². The number of halogens is 1. The summed E-state index contributed by atoms with van der Waals surface area (Å²) in [5, 5.41) is 11.5. The summed E-state index contributed by atoms with van der Waals surface area (Å²) in [6, 6.07) is 4.06. The number of hydrogen-bond donors (Lipinski definition) is 3. The molecule has 2 N–H and O–H groups in total. The zero-order chi connectivity index (χ0) is 13.1. The van der Waals surface area contributed by atoms with Crippen LogP contribution in [-0.4, -0.2) is 23.2 Å². The second-order valence-electron chi connectivity index (χ2n) is 4.48. The second-order valence-corrected chi connectivity index (χ2v) is 4.99. The third-order valence-electron chi connectivity index (χ3n) is 2.38. The third-order valence-corrected chi connectivity index (χ3v) is 2.66. The van der Waals surface area contributed by atoms with E-state index in [2.05, 4.69) is 17.9 Å². The molecule has 94 valence electrons. The molecule has 1 amide bonds. The van der Waals surface area contributed by atoms with Crippen LogP contribution in [0.2, 0.25) is 0 Å². The van der Waals surface area contributed by atoms with Gasteiger partial charge in [-0.05, 0) is 38.5 Å². The molecule has 0 aliphatic rings. The van der Waals surface area contributed by atoms with Crippen LogP contribution < -0.4 is 5.32 Å². The van der Waals surface area contributed by atoms with Crippen LogP contribution in [0.15, 0.2) is 23.1 Å². The maximum atomic E-state index is 13.4. The molecule has 0 saturated carbocycles. The molecule has 0 saturated heterocycles. The smallest absolute Gasteiger partial charge is 0.254 e. The summed E-state index contributed by atoms with van der Waals surface area (Å²) < 4.78 is 13.4. The number of thiol groups is 1. The maximum absolute atomic E-state index is 13.4. The van der Waals surface area contributed by atoms with E-state index in [4.69, 9.17) is 5.11 Å². The monoisotopic (exact) mass is 257 g/mol. The standard InChI is InChI=1S/C12H16FNO2S/c1-12(2,5-6-15)14-11(16)9-7-8(17)3-4-10(9)13/h3-4,7,15,17H,5-6H2,1-2H3,(H,14,16). The fourth-order valence-electron chi connectivity index (χ4n) is 1.40. The highest BCUT2D eigenvalue weighted by Crippen LogP contribution is 2.15. The summed E-state index contributed by atoms with van der Waals surface area (Å²) in [6.45, 7) is 3.50. The molecule has 1 aromatic rings. The van der Waals surface area contributed by atoms with Gasteiger partial charge in [0.2, 0.25) is 0 Å². The average molecular weight is 257 g/mol. The number of hydrogen-bond acceptors (Lipinski definition) is 3. The van der Waals surface area contributed by atoms with Gasteiger partial charge in [0.1, 0.15) is 5.82 Å². The lowest BCUT2D eigenvalue weighted by molar-refractivity contribution is 0.0895. The number of aliphatic hydroxyl groups is 1. The van der Waals surface area contributed by atoms with Crippen LogP contribution in [0.5, 0.6) is 0 Å². The van der Waals surface area contributed by atoms with Crippen LogP contribution >= 0.6 is 12.6 Å². The molecule has 0 heterocycles. The summed E-state index contributed by atoms with van der Waals surface area (Å²) in [5.74, 6) is -1.09. The molecule has 0 fully saturated rings. The number of rotatable bonds is 4. The molecule has 0 atom stereocenters. The normalized spacial score (nSPS) is 11.4. The van der Waals surface area contributed by atoms with E-state index >= 15 is 0 Å². The van der Waals surface area contributed by atoms with Crippen molar-refractivity contribution in [3.8, 4) is 0 Å². The quantitative estimate of drug-likeness (QED) is 0.723. The molecule has 17 heavy (non-hydrogen) atoms. The van der Waals surface area contributed by atoms with Gasteiger partial charge in [0.15, 0.2) is 0 Å². The van der Waals surface area contributed by atoms with Crippen LogP contribution in [-0.2, 0) is 0 Å². The topological polar surface area (TPSA) is 49.3 Å². The van der Waals surface area contributed by atoms with Crippen molar-refractivity contribution in [2.45, 2.75) is 30.7 Å². The molecule has 0 aliphatic heterocycles. The van der Waals surface area contributed by atoms with Crippen molar-refractivity contribution in [1.29, 1.82) is 0 Å². The Morgan fingerprint density at radius 3 is 2.76 bits per heavy atom. The molecule has 5 heteroatoms. The zero-order valence-electron chi connectivity index (χ0n) is 9.83. The fraction of sp³-hybridized carbons (Fsp3) is 0.417. The molecule has 1 aromatic carbocycles. The van der Waals surface area contributed by atoms with Gasteiger partial charge >= 0.3 is 0 Å². The van der Waals surface area contributed by atoms with Gasteiger partial charge in [0.25, 0.3) is 5.91 Å². The number of carbonyl (C=O) groups is 1. The molecular formula is C12H16FNO2S. The van der Waals surface area contributed by atoms with Gasteiger partial charge in [0, 0.05) is 17.0 Å². The number of nitrogens with one attached hydrogen (secondary N) is 1. The van der Waals surface area contributed by atoms with Crippen LogP contribution in [0.4, 0.5) is 4.39 Å². The van der Waals surface area contributed by atoms with E-state index in [-0.39, 0.29) is 12.2 Å². The van der Waals surface area contributed by atoms with Gasteiger partial charge in [-0.3, -0.25) is 4.79 Å². The first-order valence-electron chi connectivity index (χ1n) is 5.27. The summed E-state index contributed by atoms with van der Waals surface area (Å²) in [4.78, 5) is 12.4. The molecule has 0 aliphatic carbocycles. The predicted octanol–water partition coefficient (Wildman–Crippen LogP) is 2.01. The SMILES string of the molecule is CC(C)(CCO)NC(=O)c1cc(S)ccc1F. The zero-order valence-corrected chi connectivity index (χ0v) is 10.7. The highest BCUT2D eigenvalue weighted by atomic mass is 32.1. The maximum Gasteiger partial charge on any atom is 0.254 e. The van der Waals surface area contributed by atoms with Gasteiger partial charge < -0.3 is 10.4 Å². The van der Waals surface area contributed by atoms with Crippen LogP contribution in [0, 0.1) is 5.82 Å². The van der Waals surface area contributed by atoms with Gasteiger partial charge in [0.05, 0.1) is 5.56 Å². The lowest BCUT2D eigenvalue weighted by atomic mass is 10.0. The Hall–Kier alpha value is -1.07. The minimum Gasteiger partial charge on any atom is -0.396 e. The molecule has 0 bridgehead atoms. The number of amides is 1.